The quantitative estimate of drug-likeness (QED) is 0.170. The Bertz CT molecular complexity index is 3050. The van der Waals surface area contributed by atoms with Crippen molar-refractivity contribution in [2.75, 3.05) is 0 Å². The summed E-state index contributed by atoms with van der Waals surface area (Å²) in [5.74, 6) is 2.05. The third kappa shape index (κ3) is 5.70. The summed E-state index contributed by atoms with van der Waals surface area (Å²) in [4.78, 5) is 15.2. The molecule has 0 saturated carbocycles. The molecule has 11 rings (SSSR count). The van der Waals surface area contributed by atoms with E-state index in [9.17, 15) is 0 Å². The molecule has 0 aliphatic heterocycles. The van der Waals surface area contributed by atoms with Gasteiger partial charge in [-0.1, -0.05) is 147 Å². The SMILES string of the molecule is CC1(C)c2ccccc2-c2c(-c3cccc(-c4cccc(-c5ccc6oc7cccc(-c8nc(C9=CCCC=C9)nc(C9=CCCC=C9)n8)c7c6c5)c4)c3)cccc21. The number of allylic oxidation sites excluding steroid dienone is 8. The smallest absolute Gasteiger partial charge is 0.164 e. The minimum absolute atomic E-state index is 0.0397. The molecule has 4 nitrogen and oxygen atoms in total. The van der Waals surface area contributed by atoms with Gasteiger partial charge >= 0.3 is 0 Å². The Morgan fingerprint density at radius 3 is 1.74 bits per heavy atom. The Balaban J connectivity index is 0.999. The maximum absolute atomic E-state index is 6.50. The minimum atomic E-state index is -0.0397. The van der Waals surface area contributed by atoms with Crippen LogP contribution in [0.4, 0.5) is 0 Å². The molecule has 0 radical (unpaired) electrons. The molecule has 2 aromatic heterocycles. The summed E-state index contributed by atoms with van der Waals surface area (Å²) in [6.07, 6.45) is 17.1. The summed E-state index contributed by atoms with van der Waals surface area (Å²) in [5, 5.41) is 2.04. The lowest BCUT2D eigenvalue weighted by Gasteiger charge is -2.21. The number of rotatable bonds is 6. The first-order valence-corrected chi connectivity index (χ1v) is 20.4. The van der Waals surface area contributed by atoms with Crippen molar-refractivity contribution in [3.63, 3.8) is 0 Å². The van der Waals surface area contributed by atoms with Crippen molar-refractivity contribution in [2.45, 2.75) is 44.9 Å². The van der Waals surface area contributed by atoms with Crippen molar-refractivity contribution in [1.82, 2.24) is 15.0 Å². The summed E-state index contributed by atoms with van der Waals surface area (Å²) < 4.78 is 6.50. The molecule has 3 aliphatic carbocycles. The highest BCUT2D eigenvalue weighted by molar-refractivity contribution is 6.13. The number of hydrogen-bond donors (Lipinski definition) is 0. The van der Waals surface area contributed by atoms with Crippen molar-refractivity contribution in [3.8, 4) is 55.9 Å². The topological polar surface area (TPSA) is 51.8 Å². The number of fused-ring (bicyclic) bond motifs is 6. The van der Waals surface area contributed by atoms with E-state index in [0.29, 0.717) is 17.5 Å². The fourth-order valence-corrected chi connectivity index (χ4v) is 9.25. The second kappa shape index (κ2) is 13.6. The largest absolute Gasteiger partial charge is 0.456 e. The van der Waals surface area contributed by atoms with Crippen LogP contribution in [0.15, 0.2) is 168 Å². The number of benzene rings is 6. The predicted molar refractivity (Wildman–Crippen MR) is 239 cm³/mol. The molecule has 58 heavy (non-hydrogen) atoms. The molecule has 8 aromatic rings. The molecule has 0 fully saturated rings. The van der Waals surface area contributed by atoms with Gasteiger partial charge in [0.25, 0.3) is 0 Å². The van der Waals surface area contributed by atoms with Crippen LogP contribution in [0, 0.1) is 0 Å². The second-order valence-electron chi connectivity index (χ2n) is 16.1. The Morgan fingerprint density at radius 1 is 0.466 bits per heavy atom. The summed E-state index contributed by atoms with van der Waals surface area (Å²) >= 11 is 0. The molecule has 0 spiro atoms. The van der Waals surface area contributed by atoms with E-state index in [0.717, 1.165) is 75.5 Å². The first-order valence-electron chi connectivity index (χ1n) is 20.4. The van der Waals surface area contributed by atoms with Crippen molar-refractivity contribution in [1.29, 1.82) is 0 Å². The molecule has 6 aromatic carbocycles. The van der Waals surface area contributed by atoms with Gasteiger partial charge in [-0.05, 0) is 112 Å². The van der Waals surface area contributed by atoms with Gasteiger partial charge in [-0.2, -0.15) is 0 Å². The average Bonchev–Trinajstić information content (AvgIpc) is 3.78. The summed E-state index contributed by atoms with van der Waals surface area (Å²) in [6, 6.07) is 46.2. The standard InChI is InChI=1S/C54H41N3O/c1-54(2)45-26-10-9-23-42(45)49-41(24-13-27-46(49)54)40-22-12-21-38(32-40)36-19-11-20-37(31-36)39-29-30-47-44(33-39)50-43(25-14-28-48(50)58-47)53-56-51(34-15-5-3-6-16-34)55-52(57-53)35-17-7-4-8-18-35/h5,7,9-33H,3-4,6,8H2,1-2H3. The van der Waals surface area contributed by atoms with E-state index in [2.05, 4.69) is 166 Å². The summed E-state index contributed by atoms with van der Waals surface area (Å²) in [5.41, 5.74) is 17.2. The van der Waals surface area contributed by atoms with Crippen LogP contribution in [0.5, 0.6) is 0 Å². The van der Waals surface area contributed by atoms with Crippen molar-refractivity contribution in [3.05, 3.63) is 187 Å². The van der Waals surface area contributed by atoms with Crippen LogP contribution >= 0.6 is 0 Å². The summed E-state index contributed by atoms with van der Waals surface area (Å²) in [7, 11) is 0. The van der Waals surface area contributed by atoms with Crippen molar-refractivity contribution < 1.29 is 4.42 Å². The maximum atomic E-state index is 6.50. The molecule has 0 atom stereocenters. The number of aromatic nitrogens is 3. The Morgan fingerprint density at radius 2 is 1.03 bits per heavy atom. The number of hydrogen-bond acceptors (Lipinski definition) is 4. The highest BCUT2D eigenvalue weighted by Gasteiger charge is 2.36. The minimum Gasteiger partial charge on any atom is -0.456 e. The van der Waals surface area contributed by atoms with E-state index in [1.54, 1.807) is 0 Å². The van der Waals surface area contributed by atoms with Crippen LogP contribution in [0.3, 0.4) is 0 Å². The van der Waals surface area contributed by atoms with E-state index in [1.165, 1.54) is 44.5 Å². The van der Waals surface area contributed by atoms with Crippen LogP contribution < -0.4 is 0 Å². The zero-order valence-corrected chi connectivity index (χ0v) is 32.7. The van der Waals surface area contributed by atoms with E-state index in [1.807, 2.05) is 12.1 Å². The molecule has 278 valence electrons. The molecule has 0 saturated heterocycles. The number of furan rings is 1. The van der Waals surface area contributed by atoms with Gasteiger partial charge in [0, 0.05) is 32.9 Å². The highest BCUT2D eigenvalue weighted by Crippen LogP contribution is 2.52. The van der Waals surface area contributed by atoms with Crippen molar-refractivity contribution >= 4 is 33.1 Å². The zero-order chi connectivity index (χ0) is 38.8. The normalized spacial score (nSPS) is 15.3. The lowest BCUT2D eigenvalue weighted by molar-refractivity contribution is 0.660. The van der Waals surface area contributed by atoms with Gasteiger partial charge in [0.15, 0.2) is 17.5 Å². The van der Waals surface area contributed by atoms with E-state index < -0.39 is 0 Å². The molecule has 0 unspecified atom stereocenters. The van der Waals surface area contributed by atoms with Crippen molar-refractivity contribution in [2.24, 2.45) is 0 Å². The fraction of sp³-hybridized carbons (Fsp3) is 0.130. The molecule has 3 aliphatic rings. The van der Waals surface area contributed by atoms with Gasteiger partial charge < -0.3 is 4.42 Å². The zero-order valence-electron chi connectivity index (χ0n) is 32.7. The number of nitrogens with zero attached hydrogens (tertiary/aromatic N) is 3. The third-order valence-electron chi connectivity index (χ3n) is 12.2. The second-order valence-corrected chi connectivity index (χ2v) is 16.1. The monoisotopic (exact) mass is 747 g/mol. The van der Waals surface area contributed by atoms with Gasteiger partial charge in [0.1, 0.15) is 11.2 Å². The van der Waals surface area contributed by atoms with Crippen LogP contribution in [0.1, 0.15) is 62.3 Å². The molecule has 0 bridgehead atoms. The Hall–Kier alpha value is -6.91. The molecular weight excluding hydrogens is 707 g/mol. The summed E-state index contributed by atoms with van der Waals surface area (Å²) in [6.45, 7) is 4.68. The van der Waals surface area contributed by atoms with Gasteiger partial charge in [-0.15, -0.1) is 0 Å². The molecule has 0 N–H and O–H groups in total. The fourth-order valence-electron chi connectivity index (χ4n) is 9.25. The van der Waals surface area contributed by atoms with Crippen LogP contribution in [-0.2, 0) is 5.41 Å². The molecule has 4 heteroatoms. The first-order chi connectivity index (χ1) is 28.5. The van der Waals surface area contributed by atoms with E-state index >= 15 is 0 Å². The Kier molecular flexibility index (Phi) is 8.07. The molecule has 0 amide bonds. The lowest BCUT2D eigenvalue weighted by atomic mass is 9.82. The Labute approximate surface area is 338 Å². The highest BCUT2D eigenvalue weighted by atomic mass is 16.3. The predicted octanol–water partition coefficient (Wildman–Crippen LogP) is 14.2. The van der Waals surface area contributed by atoms with E-state index in [-0.39, 0.29) is 5.41 Å². The maximum Gasteiger partial charge on any atom is 0.164 e. The van der Waals surface area contributed by atoms with Crippen LogP contribution in [0.2, 0.25) is 0 Å². The third-order valence-corrected chi connectivity index (χ3v) is 12.2. The van der Waals surface area contributed by atoms with Gasteiger partial charge in [-0.3, -0.25) is 0 Å². The lowest BCUT2D eigenvalue weighted by Crippen LogP contribution is -2.14. The van der Waals surface area contributed by atoms with Gasteiger partial charge in [0.05, 0.1) is 0 Å². The molecular formula is C54H41N3O. The average molecular weight is 748 g/mol. The van der Waals surface area contributed by atoms with Crippen LogP contribution in [0.25, 0.3) is 89.0 Å². The first kappa shape index (κ1) is 34.3. The van der Waals surface area contributed by atoms with E-state index in [4.69, 9.17) is 19.4 Å². The van der Waals surface area contributed by atoms with Crippen LogP contribution in [-0.4, -0.2) is 15.0 Å². The van der Waals surface area contributed by atoms with Gasteiger partial charge in [0.2, 0.25) is 0 Å². The van der Waals surface area contributed by atoms with Gasteiger partial charge in [-0.25, -0.2) is 15.0 Å². The molecule has 2 heterocycles.